The number of hydrogen-bond acceptors (Lipinski definition) is 4. The van der Waals surface area contributed by atoms with Crippen molar-refractivity contribution in [3.63, 3.8) is 0 Å². The Morgan fingerprint density at radius 2 is 1.62 bits per heavy atom. The van der Waals surface area contributed by atoms with Gasteiger partial charge in [-0.2, -0.15) is 5.10 Å². The second-order valence-electron chi connectivity index (χ2n) is 8.49. The molecule has 7 heteroatoms. The van der Waals surface area contributed by atoms with Crippen LogP contribution in [-0.2, 0) is 19.5 Å². The lowest BCUT2D eigenvalue weighted by molar-refractivity contribution is 0.0716. The van der Waals surface area contributed by atoms with Gasteiger partial charge < -0.3 is 14.1 Å². The van der Waals surface area contributed by atoms with Crippen molar-refractivity contribution < 1.29 is 18.3 Å². The van der Waals surface area contributed by atoms with E-state index in [1.54, 1.807) is 46.2 Å². The highest BCUT2D eigenvalue weighted by Gasteiger charge is 2.26. The van der Waals surface area contributed by atoms with E-state index >= 15 is 0 Å². The fourth-order valence-electron chi connectivity index (χ4n) is 4.13. The highest BCUT2D eigenvalue weighted by atomic mass is 19.1. The first-order chi connectivity index (χ1) is 18.1. The Balaban J connectivity index is 1.60. The second-order valence-corrected chi connectivity index (χ2v) is 8.49. The van der Waals surface area contributed by atoms with E-state index in [1.165, 1.54) is 12.1 Å². The average molecular weight is 496 g/mol. The summed E-state index contributed by atoms with van der Waals surface area (Å²) in [4.78, 5) is 15.4. The van der Waals surface area contributed by atoms with E-state index in [9.17, 15) is 9.18 Å². The molecule has 0 N–H and O–H groups in total. The number of carbonyl (C=O) groups excluding carboxylic acids is 1. The summed E-state index contributed by atoms with van der Waals surface area (Å²) < 4.78 is 27.3. The Labute approximate surface area is 214 Å². The van der Waals surface area contributed by atoms with Crippen molar-refractivity contribution >= 4 is 5.91 Å². The molecule has 0 radical (unpaired) electrons. The third-order valence-electron chi connectivity index (χ3n) is 5.97. The number of aromatic nitrogens is 2. The van der Waals surface area contributed by atoms with Crippen LogP contribution in [0.15, 0.2) is 108 Å². The van der Waals surface area contributed by atoms with Crippen LogP contribution in [-0.4, -0.2) is 20.6 Å². The third kappa shape index (κ3) is 5.46. The maximum atomic E-state index is 13.7. The lowest BCUT2D eigenvalue weighted by Crippen LogP contribution is -2.30. The summed E-state index contributed by atoms with van der Waals surface area (Å²) in [6.07, 6.45) is 2.21. The standard InChI is InChI=1S/C30H26FN3O3/c1-2-28-27(21-33(20-26-14-9-19-36-26)29(35)22-10-5-3-6-11-22)30(37-25-12-7-4-8-13-25)34(32-28)24-17-15-23(31)16-18-24/h3-19H,2,20-21H2,1H3. The second kappa shape index (κ2) is 11.0. The minimum Gasteiger partial charge on any atom is -0.467 e. The van der Waals surface area contributed by atoms with Crippen molar-refractivity contribution in [2.75, 3.05) is 0 Å². The minimum atomic E-state index is -0.338. The Hall–Kier alpha value is -4.65. The first kappa shape index (κ1) is 24.1. The molecular formula is C30H26FN3O3. The molecule has 2 heterocycles. The molecule has 3 aromatic carbocycles. The summed E-state index contributed by atoms with van der Waals surface area (Å²) >= 11 is 0. The molecule has 1 amide bonds. The van der Waals surface area contributed by atoms with Crippen LogP contribution >= 0.6 is 0 Å². The predicted molar refractivity (Wildman–Crippen MR) is 138 cm³/mol. The zero-order valence-corrected chi connectivity index (χ0v) is 20.4. The molecule has 0 fully saturated rings. The van der Waals surface area contributed by atoms with Gasteiger partial charge in [-0.05, 0) is 67.1 Å². The molecule has 0 aliphatic rings. The summed E-state index contributed by atoms with van der Waals surface area (Å²) in [6, 6.07) is 28.2. The van der Waals surface area contributed by atoms with E-state index in [0.29, 0.717) is 35.1 Å². The van der Waals surface area contributed by atoms with E-state index in [2.05, 4.69) is 0 Å². The normalized spacial score (nSPS) is 10.9. The molecule has 0 saturated heterocycles. The molecule has 186 valence electrons. The van der Waals surface area contributed by atoms with E-state index < -0.39 is 0 Å². The number of ether oxygens (including phenoxy) is 1. The maximum absolute atomic E-state index is 13.7. The van der Waals surface area contributed by atoms with Crippen LogP contribution in [0.5, 0.6) is 11.6 Å². The molecule has 6 nitrogen and oxygen atoms in total. The smallest absolute Gasteiger partial charge is 0.254 e. The van der Waals surface area contributed by atoms with Gasteiger partial charge in [-0.15, -0.1) is 0 Å². The molecule has 5 rings (SSSR count). The fraction of sp³-hybridized carbons (Fsp3) is 0.133. The van der Waals surface area contributed by atoms with Crippen molar-refractivity contribution in [3.8, 4) is 17.3 Å². The lowest BCUT2D eigenvalue weighted by atomic mass is 10.1. The average Bonchev–Trinajstić information content (AvgIpc) is 3.57. The molecule has 0 unspecified atom stereocenters. The van der Waals surface area contributed by atoms with E-state index in [4.69, 9.17) is 14.3 Å². The molecule has 0 atom stereocenters. The van der Waals surface area contributed by atoms with Crippen molar-refractivity contribution in [1.82, 2.24) is 14.7 Å². The molecule has 5 aromatic rings. The summed E-state index contributed by atoms with van der Waals surface area (Å²) in [6.45, 7) is 2.51. The highest BCUT2D eigenvalue weighted by molar-refractivity contribution is 5.94. The SMILES string of the molecule is CCc1nn(-c2ccc(F)cc2)c(Oc2ccccc2)c1CN(Cc1ccco1)C(=O)c1ccccc1. The van der Waals surface area contributed by atoms with Gasteiger partial charge in [0.25, 0.3) is 5.91 Å². The number of rotatable bonds is 9. The van der Waals surface area contributed by atoms with Crippen LogP contribution in [0.2, 0.25) is 0 Å². The zero-order chi connectivity index (χ0) is 25.6. The lowest BCUT2D eigenvalue weighted by Gasteiger charge is -2.23. The molecule has 2 aromatic heterocycles. The molecular weight excluding hydrogens is 469 g/mol. The van der Waals surface area contributed by atoms with Gasteiger partial charge in [-0.3, -0.25) is 4.79 Å². The first-order valence-corrected chi connectivity index (χ1v) is 12.1. The van der Waals surface area contributed by atoms with Gasteiger partial charge in [0.05, 0.1) is 36.3 Å². The molecule has 0 saturated carbocycles. The van der Waals surface area contributed by atoms with Gasteiger partial charge in [0.1, 0.15) is 17.3 Å². The Morgan fingerprint density at radius 3 is 2.27 bits per heavy atom. The summed E-state index contributed by atoms with van der Waals surface area (Å²) in [5, 5.41) is 4.81. The van der Waals surface area contributed by atoms with Crippen molar-refractivity contribution in [3.05, 3.63) is 132 Å². The number of nitrogens with zero attached hydrogens (tertiary/aromatic N) is 3. The molecule has 37 heavy (non-hydrogen) atoms. The molecule has 0 aliphatic carbocycles. The number of aryl methyl sites for hydroxylation is 1. The summed E-state index contributed by atoms with van der Waals surface area (Å²) in [5.74, 6) is 1.29. The number of carbonyl (C=O) groups is 1. The first-order valence-electron chi connectivity index (χ1n) is 12.1. The highest BCUT2D eigenvalue weighted by Crippen LogP contribution is 2.33. The molecule has 0 spiro atoms. The van der Waals surface area contributed by atoms with Gasteiger partial charge in [-0.25, -0.2) is 9.07 Å². The zero-order valence-electron chi connectivity index (χ0n) is 20.4. The maximum Gasteiger partial charge on any atom is 0.254 e. The number of amides is 1. The largest absolute Gasteiger partial charge is 0.467 e. The monoisotopic (exact) mass is 495 g/mol. The topological polar surface area (TPSA) is 60.5 Å². The minimum absolute atomic E-state index is 0.140. The summed E-state index contributed by atoms with van der Waals surface area (Å²) in [7, 11) is 0. The Bertz CT molecular complexity index is 1450. The van der Waals surface area contributed by atoms with E-state index in [1.807, 2.05) is 61.5 Å². The van der Waals surface area contributed by atoms with Crippen molar-refractivity contribution in [1.29, 1.82) is 0 Å². The quantitative estimate of drug-likeness (QED) is 0.226. The van der Waals surface area contributed by atoms with Crippen LogP contribution < -0.4 is 4.74 Å². The van der Waals surface area contributed by atoms with Gasteiger partial charge in [0.15, 0.2) is 0 Å². The molecule has 0 bridgehead atoms. The van der Waals surface area contributed by atoms with E-state index in [-0.39, 0.29) is 24.8 Å². The van der Waals surface area contributed by atoms with Gasteiger partial charge in [-0.1, -0.05) is 43.3 Å². The van der Waals surface area contributed by atoms with Gasteiger partial charge in [0.2, 0.25) is 5.88 Å². The predicted octanol–water partition coefficient (Wildman–Crippen LogP) is 6.80. The third-order valence-corrected chi connectivity index (χ3v) is 5.97. The van der Waals surface area contributed by atoms with Crippen molar-refractivity contribution in [2.24, 2.45) is 0 Å². The van der Waals surface area contributed by atoms with E-state index in [0.717, 1.165) is 11.3 Å². The fourth-order valence-corrected chi connectivity index (χ4v) is 4.13. The number of halogens is 1. The molecule has 0 aliphatic heterocycles. The van der Waals surface area contributed by atoms with Crippen LogP contribution in [0.25, 0.3) is 5.69 Å². The van der Waals surface area contributed by atoms with Crippen molar-refractivity contribution in [2.45, 2.75) is 26.4 Å². The number of para-hydroxylation sites is 1. The van der Waals surface area contributed by atoms with Crippen LogP contribution in [0.4, 0.5) is 4.39 Å². The number of benzene rings is 3. The van der Waals surface area contributed by atoms with Crippen LogP contribution in [0, 0.1) is 5.82 Å². The summed E-state index contributed by atoms with van der Waals surface area (Å²) in [5.41, 5.74) is 2.77. The van der Waals surface area contributed by atoms with Crippen LogP contribution in [0.1, 0.15) is 34.3 Å². The Kier molecular flexibility index (Phi) is 7.12. The van der Waals surface area contributed by atoms with Crippen LogP contribution in [0.3, 0.4) is 0 Å². The Morgan fingerprint density at radius 1 is 0.919 bits per heavy atom. The van der Waals surface area contributed by atoms with Gasteiger partial charge in [0, 0.05) is 5.56 Å². The van der Waals surface area contributed by atoms with Gasteiger partial charge >= 0.3 is 0 Å². The number of furan rings is 1. The number of hydrogen-bond donors (Lipinski definition) is 0.